The molecule has 2 aliphatic heterocycles. The Kier molecular flexibility index (Phi) is 13.6. The Morgan fingerprint density at radius 2 is 1.84 bits per heavy atom. The van der Waals surface area contributed by atoms with Crippen LogP contribution in [-0.4, -0.2) is 70.7 Å². The molecule has 0 aliphatic carbocycles. The van der Waals surface area contributed by atoms with Crippen LogP contribution in [0.5, 0.6) is 5.75 Å². The Bertz CT molecular complexity index is 996. The van der Waals surface area contributed by atoms with Crippen LogP contribution in [0.25, 0.3) is 0 Å². The van der Waals surface area contributed by atoms with Gasteiger partial charge in [-0.2, -0.15) is 0 Å². The van der Waals surface area contributed by atoms with Gasteiger partial charge in [0.25, 0.3) is 0 Å². The van der Waals surface area contributed by atoms with E-state index in [1.165, 1.54) is 4.90 Å². The molecule has 1 aromatic heterocycles. The monoisotopic (exact) mass is 535 g/mol. The van der Waals surface area contributed by atoms with Crippen LogP contribution < -0.4 is 4.74 Å². The van der Waals surface area contributed by atoms with Gasteiger partial charge in [0.1, 0.15) is 30.3 Å². The van der Waals surface area contributed by atoms with Crippen LogP contribution in [0.3, 0.4) is 0 Å². The maximum Gasteiger partial charge on any atom is 0.410 e. The van der Waals surface area contributed by atoms with Crippen molar-refractivity contribution in [2.24, 2.45) is 0 Å². The highest BCUT2D eigenvalue weighted by Gasteiger charge is 2.39. The number of pyridine rings is 1. The number of piperazine rings is 1. The second-order valence-electron chi connectivity index (χ2n) is 8.79. The minimum atomic E-state index is -0.624. The Labute approximate surface area is 226 Å². The zero-order valence-corrected chi connectivity index (χ0v) is 24.1. The molecule has 1 amide bonds. The van der Waals surface area contributed by atoms with Gasteiger partial charge in [-0.05, 0) is 39.0 Å². The maximum atomic E-state index is 12.6. The SMILES string of the molecule is CC.CC.CC(C)(C)OC(=O)N1CCN([C@@H]2c3ccc(Cl)cc3OCc3cccnc32)C[C@@H]1C=O.CO. The lowest BCUT2D eigenvalue weighted by Crippen LogP contribution is -2.57. The van der Waals surface area contributed by atoms with Gasteiger partial charge >= 0.3 is 6.09 Å². The van der Waals surface area contributed by atoms with Crippen LogP contribution >= 0.6 is 11.6 Å². The average Bonchev–Trinajstić information content (AvgIpc) is 3.07. The summed E-state index contributed by atoms with van der Waals surface area (Å²) in [5.41, 5.74) is 2.19. The standard InChI is InChI=1S/C23H26ClN3O4.2C2H6.CH4O/c1-23(2,3)31-22(29)27-10-9-26(12-17(27)13-28)21-18-7-6-16(24)11-19(18)30-14-15-5-4-8-25-20(15)21;3*1-2/h4-8,11,13,17,21H,9-10,12,14H2,1-3H3;2*1-2H3;2H,1H3/t17-,21-;;;/m1.../s1. The second-order valence-corrected chi connectivity index (χ2v) is 9.23. The molecular formula is C28H42ClN3O5. The van der Waals surface area contributed by atoms with E-state index >= 15 is 0 Å². The van der Waals surface area contributed by atoms with E-state index in [9.17, 15) is 9.59 Å². The van der Waals surface area contributed by atoms with Gasteiger partial charge < -0.3 is 19.4 Å². The Morgan fingerprint density at radius 1 is 1.16 bits per heavy atom. The zero-order valence-electron chi connectivity index (χ0n) is 23.3. The first-order valence-electron chi connectivity index (χ1n) is 12.8. The molecule has 0 radical (unpaired) electrons. The van der Waals surface area contributed by atoms with Gasteiger partial charge in [-0.1, -0.05) is 51.4 Å². The van der Waals surface area contributed by atoms with E-state index in [0.717, 1.165) is 30.2 Å². The molecule has 2 atom stereocenters. The number of hydrogen-bond donors (Lipinski definition) is 1. The summed E-state index contributed by atoms with van der Waals surface area (Å²) >= 11 is 6.21. The van der Waals surface area contributed by atoms with Crippen molar-refractivity contribution >= 4 is 24.0 Å². The largest absolute Gasteiger partial charge is 0.488 e. The number of rotatable bonds is 2. The van der Waals surface area contributed by atoms with Gasteiger partial charge in [-0.25, -0.2) is 4.79 Å². The van der Waals surface area contributed by atoms with Crippen molar-refractivity contribution in [3.05, 3.63) is 58.4 Å². The summed E-state index contributed by atoms with van der Waals surface area (Å²) < 4.78 is 11.5. The quantitative estimate of drug-likeness (QED) is 0.508. The summed E-state index contributed by atoms with van der Waals surface area (Å²) in [5.74, 6) is 0.702. The Hall–Kier alpha value is -2.68. The summed E-state index contributed by atoms with van der Waals surface area (Å²) in [7, 11) is 1.00. The third-order valence-electron chi connectivity index (χ3n) is 5.44. The van der Waals surface area contributed by atoms with Crippen molar-refractivity contribution in [2.75, 3.05) is 26.7 Å². The normalized spacial score (nSPS) is 18.4. The number of amides is 1. The van der Waals surface area contributed by atoms with E-state index in [4.69, 9.17) is 26.2 Å². The fraction of sp³-hybridized carbons (Fsp3) is 0.536. The number of carbonyl (C=O) groups excluding carboxylic acids is 2. The van der Waals surface area contributed by atoms with Crippen molar-refractivity contribution < 1.29 is 24.2 Å². The number of aromatic nitrogens is 1. The van der Waals surface area contributed by atoms with Gasteiger partial charge in [0.2, 0.25) is 0 Å². The highest BCUT2D eigenvalue weighted by molar-refractivity contribution is 6.30. The number of hydrogen-bond acceptors (Lipinski definition) is 7. The Balaban J connectivity index is 0.00000106. The molecule has 0 spiro atoms. The highest BCUT2D eigenvalue weighted by Crippen LogP contribution is 2.40. The lowest BCUT2D eigenvalue weighted by molar-refractivity contribution is -0.115. The van der Waals surface area contributed by atoms with Crippen LogP contribution in [0.1, 0.15) is 71.3 Å². The van der Waals surface area contributed by atoms with E-state index in [-0.39, 0.29) is 6.04 Å². The van der Waals surface area contributed by atoms with Crippen molar-refractivity contribution in [3.63, 3.8) is 0 Å². The molecule has 3 heterocycles. The summed E-state index contributed by atoms with van der Waals surface area (Å²) in [6.07, 6.45) is 2.10. The molecule has 1 saturated heterocycles. The number of ether oxygens (including phenoxy) is 2. The average molecular weight is 536 g/mol. The molecule has 1 aromatic carbocycles. The van der Waals surface area contributed by atoms with Crippen molar-refractivity contribution in [1.82, 2.24) is 14.8 Å². The molecule has 2 aliphatic rings. The maximum absolute atomic E-state index is 12.6. The lowest BCUT2D eigenvalue weighted by atomic mass is 9.96. The number of halogens is 1. The van der Waals surface area contributed by atoms with E-state index in [1.807, 2.05) is 78.8 Å². The van der Waals surface area contributed by atoms with Gasteiger partial charge in [0, 0.05) is 49.1 Å². The predicted octanol–water partition coefficient (Wildman–Crippen LogP) is 5.50. The van der Waals surface area contributed by atoms with Gasteiger partial charge in [-0.15, -0.1) is 0 Å². The first-order valence-corrected chi connectivity index (χ1v) is 13.1. The van der Waals surface area contributed by atoms with Crippen molar-refractivity contribution in [3.8, 4) is 5.75 Å². The smallest absolute Gasteiger partial charge is 0.410 e. The number of aliphatic hydroxyl groups is 1. The summed E-state index contributed by atoms with van der Waals surface area (Å²) in [4.78, 5) is 32.9. The number of carbonyl (C=O) groups is 2. The number of nitrogens with zero attached hydrogens (tertiary/aromatic N) is 3. The molecule has 2 aromatic rings. The number of aliphatic hydroxyl groups excluding tert-OH is 1. The van der Waals surface area contributed by atoms with Crippen LogP contribution in [0, 0.1) is 0 Å². The molecule has 1 fully saturated rings. The summed E-state index contributed by atoms with van der Waals surface area (Å²) in [5, 5.41) is 7.59. The van der Waals surface area contributed by atoms with Crippen LogP contribution in [0.15, 0.2) is 36.5 Å². The van der Waals surface area contributed by atoms with Crippen LogP contribution in [-0.2, 0) is 16.1 Å². The minimum Gasteiger partial charge on any atom is -0.488 e. The van der Waals surface area contributed by atoms with Crippen molar-refractivity contribution in [2.45, 2.75) is 72.8 Å². The molecular weight excluding hydrogens is 494 g/mol. The topological polar surface area (TPSA) is 92.2 Å². The van der Waals surface area contributed by atoms with E-state index in [1.54, 1.807) is 6.20 Å². The van der Waals surface area contributed by atoms with E-state index in [2.05, 4.69) is 9.88 Å². The van der Waals surface area contributed by atoms with Crippen molar-refractivity contribution in [1.29, 1.82) is 0 Å². The molecule has 206 valence electrons. The molecule has 37 heavy (non-hydrogen) atoms. The molecule has 8 nitrogen and oxygen atoms in total. The third kappa shape index (κ3) is 8.42. The number of aldehydes is 1. The van der Waals surface area contributed by atoms with Crippen LogP contribution in [0.4, 0.5) is 4.79 Å². The number of fused-ring (bicyclic) bond motifs is 2. The van der Waals surface area contributed by atoms with Crippen LogP contribution in [0.2, 0.25) is 5.02 Å². The first kappa shape index (κ1) is 32.3. The molecule has 9 heteroatoms. The molecule has 0 bridgehead atoms. The zero-order chi connectivity index (χ0) is 28.2. The Morgan fingerprint density at radius 3 is 2.46 bits per heavy atom. The van der Waals surface area contributed by atoms with E-state index < -0.39 is 17.7 Å². The fourth-order valence-electron chi connectivity index (χ4n) is 4.08. The van der Waals surface area contributed by atoms with Gasteiger partial charge in [-0.3, -0.25) is 14.8 Å². The van der Waals surface area contributed by atoms with E-state index in [0.29, 0.717) is 37.0 Å². The van der Waals surface area contributed by atoms with Gasteiger partial charge in [0.15, 0.2) is 0 Å². The molecule has 0 saturated carbocycles. The molecule has 0 unspecified atom stereocenters. The minimum absolute atomic E-state index is 0.214. The second kappa shape index (κ2) is 15.5. The first-order chi connectivity index (χ1) is 17.8. The lowest BCUT2D eigenvalue weighted by Gasteiger charge is -2.42. The predicted molar refractivity (Wildman–Crippen MR) is 147 cm³/mol. The molecule has 1 N–H and O–H groups in total. The number of benzene rings is 1. The highest BCUT2D eigenvalue weighted by atomic mass is 35.5. The summed E-state index contributed by atoms with van der Waals surface area (Å²) in [6, 6.07) is 8.64. The van der Waals surface area contributed by atoms with Gasteiger partial charge in [0.05, 0.1) is 11.7 Å². The fourth-order valence-corrected chi connectivity index (χ4v) is 4.24. The third-order valence-corrected chi connectivity index (χ3v) is 5.67. The molecule has 4 rings (SSSR count). The summed E-state index contributed by atoms with van der Waals surface area (Å²) in [6.45, 7) is 15.1.